The molecule has 0 bridgehead atoms. The van der Waals surface area contributed by atoms with Crippen LogP contribution < -0.4 is 5.73 Å². The number of thiol groups is 1. The third-order valence-electron chi connectivity index (χ3n) is 2.18. The van der Waals surface area contributed by atoms with Crippen molar-refractivity contribution in [3.8, 4) is 0 Å². The van der Waals surface area contributed by atoms with Crippen molar-refractivity contribution in [2.75, 3.05) is 0 Å². The molecule has 6 heteroatoms. The van der Waals surface area contributed by atoms with Crippen LogP contribution in [0, 0.1) is 0 Å². The minimum absolute atomic E-state index is 0.125. The SMILES string of the molecule is NC1CCC(S)C(S(=O)(=O)O)C1. The summed E-state index contributed by atoms with van der Waals surface area (Å²) in [5.74, 6) is 0. The van der Waals surface area contributed by atoms with Gasteiger partial charge in [-0.2, -0.15) is 21.0 Å². The molecule has 0 aliphatic heterocycles. The summed E-state index contributed by atoms with van der Waals surface area (Å²) in [6.45, 7) is 0. The molecule has 3 unspecified atom stereocenters. The van der Waals surface area contributed by atoms with E-state index in [9.17, 15) is 8.42 Å². The minimum Gasteiger partial charge on any atom is -0.328 e. The number of nitrogens with two attached hydrogens (primary N) is 1. The average Bonchev–Trinajstić information content (AvgIpc) is 1.92. The van der Waals surface area contributed by atoms with E-state index in [0.717, 1.165) is 6.42 Å². The van der Waals surface area contributed by atoms with Crippen molar-refractivity contribution in [3.05, 3.63) is 0 Å². The summed E-state index contributed by atoms with van der Waals surface area (Å²) in [5.41, 5.74) is 5.57. The van der Waals surface area contributed by atoms with Crippen LogP contribution in [0.25, 0.3) is 0 Å². The van der Waals surface area contributed by atoms with Crippen LogP contribution in [0.4, 0.5) is 0 Å². The Morgan fingerprint density at radius 3 is 2.42 bits per heavy atom. The van der Waals surface area contributed by atoms with E-state index in [1.165, 1.54) is 0 Å². The molecule has 72 valence electrons. The average molecular weight is 211 g/mol. The molecule has 0 saturated heterocycles. The third-order valence-corrected chi connectivity index (χ3v) is 4.29. The predicted molar refractivity (Wildman–Crippen MR) is 49.9 cm³/mol. The van der Waals surface area contributed by atoms with E-state index in [-0.39, 0.29) is 11.3 Å². The zero-order valence-corrected chi connectivity index (χ0v) is 8.26. The van der Waals surface area contributed by atoms with Gasteiger partial charge >= 0.3 is 0 Å². The first-order chi connectivity index (χ1) is 5.41. The number of rotatable bonds is 1. The molecule has 1 fully saturated rings. The maximum absolute atomic E-state index is 10.8. The van der Waals surface area contributed by atoms with Crippen LogP contribution in [-0.2, 0) is 10.1 Å². The summed E-state index contributed by atoms with van der Waals surface area (Å²) in [4.78, 5) is 0. The van der Waals surface area contributed by atoms with Crippen LogP contribution in [0.2, 0.25) is 0 Å². The van der Waals surface area contributed by atoms with Crippen molar-refractivity contribution in [1.82, 2.24) is 0 Å². The van der Waals surface area contributed by atoms with Crippen LogP contribution in [-0.4, -0.2) is 29.5 Å². The fourth-order valence-corrected chi connectivity index (χ4v) is 3.22. The number of hydrogen-bond donors (Lipinski definition) is 3. The molecule has 0 spiro atoms. The topological polar surface area (TPSA) is 80.4 Å². The van der Waals surface area contributed by atoms with Gasteiger partial charge in [0.15, 0.2) is 0 Å². The second-order valence-electron chi connectivity index (χ2n) is 3.19. The fraction of sp³-hybridized carbons (Fsp3) is 1.00. The molecule has 4 nitrogen and oxygen atoms in total. The smallest absolute Gasteiger partial charge is 0.268 e. The van der Waals surface area contributed by atoms with Crippen molar-refractivity contribution >= 4 is 22.7 Å². The zero-order valence-electron chi connectivity index (χ0n) is 6.55. The van der Waals surface area contributed by atoms with Crippen LogP contribution in [0.15, 0.2) is 0 Å². The molecule has 1 rings (SSSR count). The quantitative estimate of drug-likeness (QED) is 0.423. The zero-order chi connectivity index (χ0) is 9.35. The molecule has 0 aromatic heterocycles. The summed E-state index contributed by atoms with van der Waals surface area (Å²) in [6.07, 6.45) is 1.74. The van der Waals surface area contributed by atoms with Crippen LogP contribution in [0.1, 0.15) is 19.3 Å². The molecule has 0 aromatic carbocycles. The Hall–Kier alpha value is 0.220. The Bertz CT molecular complexity index is 252. The molecule has 0 aromatic rings. The predicted octanol–water partition coefficient (Wildman–Crippen LogP) is 0.0524. The van der Waals surface area contributed by atoms with E-state index < -0.39 is 15.4 Å². The van der Waals surface area contributed by atoms with Gasteiger partial charge in [0.1, 0.15) is 0 Å². The highest BCUT2D eigenvalue weighted by atomic mass is 32.2. The Balaban J connectivity index is 2.74. The molecule has 0 amide bonds. The maximum Gasteiger partial charge on any atom is 0.268 e. The lowest BCUT2D eigenvalue weighted by atomic mass is 9.95. The Morgan fingerprint density at radius 1 is 1.42 bits per heavy atom. The van der Waals surface area contributed by atoms with E-state index >= 15 is 0 Å². The van der Waals surface area contributed by atoms with E-state index in [1.54, 1.807) is 0 Å². The van der Waals surface area contributed by atoms with Gasteiger partial charge in [0.25, 0.3) is 10.1 Å². The molecule has 0 radical (unpaired) electrons. The van der Waals surface area contributed by atoms with E-state index in [1.807, 2.05) is 0 Å². The van der Waals surface area contributed by atoms with Crippen molar-refractivity contribution in [3.63, 3.8) is 0 Å². The van der Waals surface area contributed by atoms with Crippen molar-refractivity contribution < 1.29 is 13.0 Å². The standard InChI is InChI=1S/C6H13NO3S2/c7-4-1-2-5(11)6(3-4)12(8,9)10/h4-6,11H,1-3,7H2,(H,8,9,10). The Kier molecular flexibility index (Phi) is 3.03. The maximum atomic E-state index is 10.8. The van der Waals surface area contributed by atoms with Crippen molar-refractivity contribution in [2.24, 2.45) is 5.73 Å². The first-order valence-electron chi connectivity index (χ1n) is 3.81. The van der Waals surface area contributed by atoms with Gasteiger partial charge in [-0.15, -0.1) is 0 Å². The van der Waals surface area contributed by atoms with E-state index in [0.29, 0.717) is 12.8 Å². The Labute approximate surface area is 77.7 Å². The van der Waals surface area contributed by atoms with Gasteiger partial charge in [-0.25, -0.2) is 0 Å². The first-order valence-corrected chi connectivity index (χ1v) is 5.83. The van der Waals surface area contributed by atoms with Gasteiger partial charge in [-0.3, -0.25) is 4.55 Å². The second kappa shape index (κ2) is 3.53. The summed E-state index contributed by atoms with van der Waals surface area (Å²) in [6, 6.07) is -0.125. The molecule has 1 aliphatic carbocycles. The van der Waals surface area contributed by atoms with Crippen LogP contribution >= 0.6 is 12.6 Å². The highest BCUT2D eigenvalue weighted by Crippen LogP contribution is 2.26. The van der Waals surface area contributed by atoms with Crippen LogP contribution in [0.3, 0.4) is 0 Å². The molecule has 3 N–H and O–H groups in total. The van der Waals surface area contributed by atoms with Gasteiger partial charge < -0.3 is 5.73 Å². The lowest BCUT2D eigenvalue weighted by Gasteiger charge is -2.29. The Morgan fingerprint density at radius 2 is 2.00 bits per heavy atom. The highest BCUT2D eigenvalue weighted by molar-refractivity contribution is 7.88. The molecular formula is C6H13NO3S2. The van der Waals surface area contributed by atoms with Gasteiger partial charge in [0.2, 0.25) is 0 Å². The summed E-state index contributed by atoms with van der Waals surface area (Å²) >= 11 is 4.10. The normalized spacial score (nSPS) is 38.1. The molecule has 1 saturated carbocycles. The molecule has 3 atom stereocenters. The largest absolute Gasteiger partial charge is 0.328 e. The lowest BCUT2D eigenvalue weighted by Crippen LogP contribution is -2.41. The van der Waals surface area contributed by atoms with Crippen LogP contribution in [0.5, 0.6) is 0 Å². The summed E-state index contributed by atoms with van der Waals surface area (Å²) in [7, 11) is -3.96. The van der Waals surface area contributed by atoms with Gasteiger partial charge in [-0.1, -0.05) is 0 Å². The van der Waals surface area contributed by atoms with Crippen molar-refractivity contribution in [1.29, 1.82) is 0 Å². The van der Waals surface area contributed by atoms with E-state index in [4.69, 9.17) is 10.3 Å². The molecule has 1 aliphatic rings. The van der Waals surface area contributed by atoms with Crippen molar-refractivity contribution in [2.45, 2.75) is 35.8 Å². The monoisotopic (exact) mass is 211 g/mol. The molecule has 12 heavy (non-hydrogen) atoms. The van der Waals surface area contributed by atoms with Gasteiger partial charge in [0.05, 0.1) is 5.25 Å². The van der Waals surface area contributed by atoms with Gasteiger partial charge in [-0.05, 0) is 19.3 Å². The third kappa shape index (κ3) is 2.35. The van der Waals surface area contributed by atoms with E-state index in [2.05, 4.69) is 12.6 Å². The summed E-state index contributed by atoms with van der Waals surface area (Å²) in [5, 5.41) is -1.07. The minimum atomic E-state index is -3.96. The lowest BCUT2D eigenvalue weighted by molar-refractivity contribution is 0.406. The second-order valence-corrected chi connectivity index (χ2v) is 5.49. The molecular weight excluding hydrogens is 198 g/mol. The first kappa shape index (κ1) is 10.3. The highest BCUT2D eigenvalue weighted by Gasteiger charge is 2.35. The summed E-state index contributed by atoms with van der Waals surface area (Å²) < 4.78 is 30.4. The molecule has 0 heterocycles. The number of hydrogen-bond acceptors (Lipinski definition) is 4. The fourth-order valence-electron chi connectivity index (χ4n) is 1.46. The van der Waals surface area contributed by atoms with Gasteiger partial charge in [0, 0.05) is 11.3 Å².